The van der Waals surface area contributed by atoms with Gasteiger partial charge in [0.2, 0.25) is 23.6 Å². The summed E-state index contributed by atoms with van der Waals surface area (Å²) >= 11 is 0. The molecular weight excluding hydrogens is 384 g/mol. The SMILES string of the molecule is O=C(C=Cc1cccc(N2C(=O)CCC2=O)c1)c1cccc(N2C(=O)CCC2=O)c1. The first kappa shape index (κ1) is 19.4. The molecule has 7 heteroatoms. The Morgan fingerprint density at radius 2 is 1.20 bits per heavy atom. The second-order valence-corrected chi connectivity index (χ2v) is 7.09. The van der Waals surface area contributed by atoms with Crippen LogP contribution in [0.4, 0.5) is 11.4 Å². The van der Waals surface area contributed by atoms with Crippen molar-refractivity contribution in [2.75, 3.05) is 9.80 Å². The topological polar surface area (TPSA) is 91.8 Å². The molecule has 0 radical (unpaired) electrons. The third-order valence-corrected chi connectivity index (χ3v) is 5.05. The molecule has 2 aromatic rings. The lowest BCUT2D eigenvalue weighted by Crippen LogP contribution is -2.28. The van der Waals surface area contributed by atoms with Gasteiger partial charge in [-0.1, -0.05) is 30.3 Å². The molecule has 0 bridgehead atoms. The Bertz CT molecular complexity index is 1090. The molecule has 0 saturated carbocycles. The number of imide groups is 2. The van der Waals surface area contributed by atoms with Crippen LogP contribution in [0.3, 0.4) is 0 Å². The Labute approximate surface area is 172 Å². The largest absolute Gasteiger partial charge is 0.289 e. The van der Waals surface area contributed by atoms with Gasteiger partial charge in [-0.15, -0.1) is 0 Å². The van der Waals surface area contributed by atoms with Crippen molar-refractivity contribution < 1.29 is 24.0 Å². The minimum absolute atomic E-state index is 0.176. The highest BCUT2D eigenvalue weighted by atomic mass is 16.2. The van der Waals surface area contributed by atoms with Gasteiger partial charge < -0.3 is 0 Å². The van der Waals surface area contributed by atoms with E-state index in [1.165, 1.54) is 12.1 Å². The number of hydrogen-bond donors (Lipinski definition) is 0. The van der Waals surface area contributed by atoms with Crippen molar-refractivity contribution in [1.29, 1.82) is 0 Å². The van der Waals surface area contributed by atoms with E-state index in [-0.39, 0.29) is 55.1 Å². The number of amides is 4. The van der Waals surface area contributed by atoms with E-state index in [0.29, 0.717) is 22.5 Å². The maximum absolute atomic E-state index is 12.6. The van der Waals surface area contributed by atoms with E-state index < -0.39 is 0 Å². The quantitative estimate of drug-likeness (QED) is 0.436. The van der Waals surface area contributed by atoms with Gasteiger partial charge in [0.1, 0.15) is 0 Å². The third kappa shape index (κ3) is 3.69. The van der Waals surface area contributed by atoms with E-state index in [1.807, 2.05) is 0 Å². The fraction of sp³-hybridized carbons (Fsp3) is 0.174. The molecule has 4 amide bonds. The summed E-state index contributed by atoms with van der Waals surface area (Å²) in [6.07, 6.45) is 3.73. The number of rotatable bonds is 5. The Balaban J connectivity index is 1.53. The summed E-state index contributed by atoms with van der Waals surface area (Å²) in [5, 5.41) is 0. The molecule has 0 aliphatic carbocycles. The minimum atomic E-state index is -0.297. The monoisotopic (exact) mass is 402 g/mol. The number of nitrogens with zero attached hydrogens (tertiary/aromatic N) is 2. The van der Waals surface area contributed by atoms with Crippen molar-refractivity contribution in [2.45, 2.75) is 25.7 Å². The van der Waals surface area contributed by atoms with Gasteiger partial charge in [-0.3, -0.25) is 33.8 Å². The average Bonchev–Trinajstić information content (AvgIpc) is 3.26. The van der Waals surface area contributed by atoms with Gasteiger partial charge in [0.25, 0.3) is 0 Å². The number of anilines is 2. The van der Waals surface area contributed by atoms with Crippen molar-refractivity contribution >= 4 is 46.9 Å². The zero-order chi connectivity index (χ0) is 21.3. The van der Waals surface area contributed by atoms with Crippen LogP contribution in [0.15, 0.2) is 54.6 Å². The molecule has 0 spiro atoms. The highest BCUT2D eigenvalue weighted by Crippen LogP contribution is 2.25. The smallest absolute Gasteiger partial charge is 0.234 e. The Morgan fingerprint density at radius 3 is 1.77 bits per heavy atom. The first-order valence-electron chi connectivity index (χ1n) is 9.58. The van der Waals surface area contributed by atoms with E-state index in [9.17, 15) is 24.0 Å². The van der Waals surface area contributed by atoms with Crippen LogP contribution in [0.5, 0.6) is 0 Å². The van der Waals surface area contributed by atoms with Crippen LogP contribution in [-0.4, -0.2) is 29.4 Å². The summed E-state index contributed by atoms with van der Waals surface area (Å²) in [6, 6.07) is 13.2. The highest BCUT2D eigenvalue weighted by Gasteiger charge is 2.31. The Hall–Kier alpha value is -3.87. The van der Waals surface area contributed by atoms with E-state index in [1.54, 1.807) is 48.5 Å². The molecule has 150 valence electrons. The number of ketones is 1. The van der Waals surface area contributed by atoms with Gasteiger partial charge in [-0.25, -0.2) is 0 Å². The predicted molar refractivity (Wildman–Crippen MR) is 110 cm³/mol. The van der Waals surface area contributed by atoms with Gasteiger partial charge in [0.15, 0.2) is 5.78 Å². The lowest BCUT2D eigenvalue weighted by molar-refractivity contribution is -0.122. The molecule has 2 heterocycles. The Kier molecular flexibility index (Phi) is 5.10. The Morgan fingerprint density at radius 1 is 0.700 bits per heavy atom. The lowest BCUT2D eigenvalue weighted by Gasteiger charge is -2.14. The van der Waals surface area contributed by atoms with Crippen molar-refractivity contribution in [1.82, 2.24) is 0 Å². The molecule has 7 nitrogen and oxygen atoms in total. The van der Waals surface area contributed by atoms with Crippen LogP contribution in [0, 0.1) is 0 Å². The number of benzene rings is 2. The molecule has 2 aliphatic heterocycles. The van der Waals surface area contributed by atoms with E-state index in [0.717, 1.165) is 9.80 Å². The first-order valence-corrected chi connectivity index (χ1v) is 9.58. The third-order valence-electron chi connectivity index (χ3n) is 5.05. The standard InChI is InChI=1S/C23H18N2O5/c26-19(16-4-2-6-18(14-16)25-22(29)11-12-23(25)30)8-7-15-3-1-5-17(13-15)24-20(27)9-10-21(24)28/h1-8,13-14H,9-12H2. The molecule has 2 aliphatic rings. The summed E-state index contributed by atoms with van der Waals surface area (Å²) in [7, 11) is 0. The van der Waals surface area contributed by atoms with E-state index in [4.69, 9.17) is 0 Å². The molecular formula is C23H18N2O5. The zero-order valence-electron chi connectivity index (χ0n) is 16.0. The highest BCUT2D eigenvalue weighted by molar-refractivity contribution is 6.21. The summed E-state index contributed by atoms with van der Waals surface area (Å²) in [5.74, 6) is -1.32. The molecule has 0 N–H and O–H groups in total. The molecule has 2 saturated heterocycles. The normalized spacial score (nSPS) is 16.9. The summed E-state index contributed by atoms with van der Waals surface area (Å²) in [6.45, 7) is 0. The molecule has 4 rings (SSSR count). The zero-order valence-corrected chi connectivity index (χ0v) is 16.0. The second kappa shape index (κ2) is 7.87. The van der Waals surface area contributed by atoms with Crippen molar-refractivity contribution in [3.05, 3.63) is 65.7 Å². The predicted octanol–water partition coefficient (Wildman–Crippen LogP) is 2.89. The maximum atomic E-state index is 12.6. The average molecular weight is 402 g/mol. The molecule has 2 aromatic carbocycles. The lowest BCUT2D eigenvalue weighted by atomic mass is 10.1. The maximum Gasteiger partial charge on any atom is 0.234 e. The molecule has 2 fully saturated rings. The van der Waals surface area contributed by atoms with Crippen molar-refractivity contribution in [3.63, 3.8) is 0 Å². The van der Waals surface area contributed by atoms with Gasteiger partial charge in [-0.05, 0) is 35.9 Å². The van der Waals surface area contributed by atoms with Gasteiger partial charge in [0.05, 0.1) is 11.4 Å². The number of carbonyl (C=O) groups excluding carboxylic acids is 5. The second-order valence-electron chi connectivity index (χ2n) is 7.09. The minimum Gasteiger partial charge on any atom is -0.289 e. The number of hydrogen-bond acceptors (Lipinski definition) is 5. The molecule has 0 atom stereocenters. The summed E-state index contributed by atoms with van der Waals surface area (Å²) in [5.41, 5.74) is 1.87. The van der Waals surface area contributed by atoms with Crippen LogP contribution in [0.2, 0.25) is 0 Å². The molecule has 0 aromatic heterocycles. The fourth-order valence-electron chi connectivity index (χ4n) is 3.56. The van der Waals surface area contributed by atoms with Gasteiger partial charge in [0, 0.05) is 31.2 Å². The molecule has 30 heavy (non-hydrogen) atoms. The summed E-state index contributed by atoms with van der Waals surface area (Å²) < 4.78 is 0. The van der Waals surface area contributed by atoms with Gasteiger partial charge >= 0.3 is 0 Å². The molecule has 0 unspecified atom stereocenters. The van der Waals surface area contributed by atoms with E-state index in [2.05, 4.69) is 0 Å². The van der Waals surface area contributed by atoms with Crippen LogP contribution in [-0.2, 0) is 19.2 Å². The van der Waals surface area contributed by atoms with Crippen LogP contribution < -0.4 is 9.80 Å². The van der Waals surface area contributed by atoms with E-state index >= 15 is 0 Å². The van der Waals surface area contributed by atoms with Crippen LogP contribution >= 0.6 is 0 Å². The number of carbonyl (C=O) groups is 5. The summed E-state index contributed by atoms with van der Waals surface area (Å²) in [4.78, 5) is 62.5. The first-order chi connectivity index (χ1) is 14.4. The number of allylic oxidation sites excluding steroid dienone is 1. The van der Waals surface area contributed by atoms with Crippen molar-refractivity contribution in [3.8, 4) is 0 Å². The van der Waals surface area contributed by atoms with Crippen molar-refractivity contribution in [2.24, 2.45) is 0 Å². The fourth-order valence-corrected chi connectivity index (χ4v) is 3.56. The van der Waals surface area contributed by atoms with Crippen LogP contribution in [0.1, 0.15) is 41.6 Å². The van der Waals surface area contributed by atoms with Gasteiger partial charge in [-0.2, -0.15) is 0 Å². The van der Waals surface area contributed by atoms with Crippen LogP contribution in [0.25, 0.3) is 6.08 Å².